The van der Waals surface area contributed by atoms with Crippen molar-refractivity contribution < 1.29 is 13.2 Å². The summed E-state index contributed by atoms with van der Waals surface area (Å²) in [5.41, 5.74) is 1.95. The first-order valence-electron chi connectivity index (χ1n) is 14.3. The highest BCUT2D eigenvalue weighted by Crippen LogP contribution is 2.82. The van der Waals surface area contributed by atoms with Gasteiger partial charge in [0.1, 0.15) is 0 Å². The molecule has 5 aliphatic rings. The van der Waals surface area contributed by atoms with Crippen LogP contribution < -0.4 is 0 Å². The van der Waals surface area contributed by atoms with E-state index in [0.717, 1.165) is 28.0 Å². The minimum Gasteiger partial charge on any atom is -0.381 e. The number of rotatable bonds is 5. The summed E-state index contributed by atoms with van der Waals surface area (Å²) in [4.78, 5) is 4.50. The first kappa shape index (κ1) is 24.1. The SMILES string of the molecule is CO[C@@H]1C[C@H]2[C@@H]3CC[C@H]([C@H](C)CS(=O)(=O)c4nc5ccccc5s4)[C@@]3(C)CC[C@@H]2[C@@]2(C)CC[C@@H]3C[C@]312. The number of methoxy groups -OCH3 is 1. The van der Waals surface area contributed by atoms with Crippen molar-refractivity contribution in [3.05, 3.63) is 24.3 Å². The van der Waals surface area contributed by atoms with Crippen LogP contribution in [0.5, 0.6) is 0 Å². The van der Waals surface area contributed by atoms with E-state index in [2.05, 4.69) is 25.8 Å². The third-order valence-electron chi connectivity index (χ3n) is 12.6. The average molecular weight is 528 g/mol. The highest BCUT2D eigenvalue weighted by molar-refractivity contribution is 7.93. The number of para-hydroxylation sites is 1. The Balaban J connectivity index is 1.14. The van der Waals surface area contributed by atoms with Crippen molar-refractivity contribution in [1.29, 1.82) is 0 Å². The lowest BCUT2D eigenvalue weighted by molar-refractivity contribution is -0.160. The van der Waals surface area contributed by atoms with Crippen molar-refractivity contribution in [3.63, 3.8) is 0 Å². The van der Waals surface area contributed by atoms with E-state index in [4.69, 9.17) is 4.74 Å². The molecule has 5 saturated carbocycles. The normalized spacial score (nSPS) is 46.1. The summed E-state index contributed by atoms with van der Waals surface area (Å²) in [5.74, 6) is 4.02. The van der Waals surface area contributed by atoms with Gasteiger partial charge in [-0.2, -0.15) is 0 Å². The second-order valence-electron chi connectivity index (χ2n) is 13.7. The van der Waals surface area contributed by atoms with Crippen LogP contribution in [0.25, 0.3) is 10.2 Å². The number of hydrogen-bond donors (Lipinski definition) is 0. The van der Waals surface area contributed by atoms with Crippen molar-refractivity contribution in [1.82, 2.24) is 4.98 Å². The third kappa shape index (κ3) is 3.01. The van der Waals surface area contributed by atoms with Gasteiger partial charge >= 0.3 is 0 Å². The largest absolute Gasteiger partial charge is 0.381 e. The van der Waals surface area contributed by atoms with Gasteiger partial charge in [-0.1, -0.05) is 32.9 Å². The Morgan fingerprint density at radius 1 is 1.11 bits per heavy atom. The number of ether oxygens (including phenoxy) is 1. The summed E-state index contributed by atoms with van der Waals surface area (Å²) in [7, 11) is -1.44. The van der Waals surface area contributed by atoms with Crippen LogP contribution in [0.4, 0.5) is 0 Å². The van der Waals surface area contributed by atoms with E-state index >= 15 is 0 Å². The van der Waals surface area contributed by atoms with Crippen LogP contribution in [0.1, 0.15) is 72.1 Å². The molecule has 4 nitrogen and oxygen atoms in total. The minimum atomic E-state index is -3.40. The Morgan fingerprint density at radius 3 is 2.67 bits per heavy atom. The fourth-order valence-corrected chi connectivity index (χ4v) is 14.1. The molecule has 10 atom stereocenters. The highest BCUT2D eigenvalue weighted by Gasteiger charge is 2.77. The molecule has 2 aromatic rings. The predicted octanol–water partition coefficient (Wildman–Crippen LogP) is 6.99. The Bertz CT molecular complexity index is 1270. The van der Waals surface area contributed by atoms with Gasteiger partial charge in [0.25, 0.3) is 0 Å². The molecule has 0 aliphatic heterocycles. The third-order valence-corrected chi connectivity index (χ3v) is 16.0. The molecule has 0 saturated heterocycles. The topological polar surface area (TPSA) is 56.3 Å². The Labute approximate surface area is 220 Å². The first-order valence-corrected chi connectivity index (χ1v) is 16.7. The van der Waals surface area contributed by atoms with E-state index in [1.807, 2.05) is 31.4 Å². The van der Waals surface area contributed by atoms with Crippen LogP contribution in [-0.4, -0.2) is 32.4 Å². The molecular formula is C30H41NO3S2. The van der Waals surface area contributed by atoms with Gasteiger partial charge in [0.05, 0.1) is 22.1 Å². The van der Waals surface area contributed by atoms with Gasteiger partial charge in [0.2, 0.25) is 14.2 Å². The van der Waals surface area contributed by atoms with E-state index < -0.39 is 9.84 Å². The van der Waals surface area contributed by atoms with Gasteiger partial charge in [-0.25, -0.2) is 13.4 Å². The molecule has 6 heteroatoms. The lowest BCUT2D eigenvalue weighted by Gasteiger charge is -2.61. The Morgan fingerprint density at radius 2 is 1.92 bits per heavy atom. The molecule has 0 N–H and O–H groups in total. The van der Waals surface area contributed by atoms with Crippen LogP contribution in [0, 0.1) is 51.8 Å². The van der Waals surface area contributed by atoms with Gasteiger partial charge < -0.3 is 4.74 Å². The highest BCUT2D eigenvalue weighted by atomic mass is 32.2. The molecule has 0 bridgehead atoms. The number of fused-ring (bicyclic) bond motifs is 5. The Kier molecular flexibility index (Phi) is 5.21. The van der Waals surface area contributed by atoms with Gasteiger partial charge in [0.15, 0.2) is 0 Å². The number of hydrogen-bond acceptors (Lipinski definition) is 5. The van der Waals surface area contributed by atoms with E-state index in [1.54, 1.807) is 0 Å². The zero-order chi connectivity index (χ0) is 25.1. The summed E-state index contributed by atoms with van der Waals surface area (Å²) in [5, 5.41) is 0. The standard InChI is InChI=1S/C30H41NO3S2/c1-18(17-36(32,33)27-31-24-7-5-6-8-25(24)35-27)21-9-10-22-20-15-26(34-4)30-16-19(30)11-14-29(30,3)23(20)12-13-28(21,22)2/h5-8,18-23,26H,9-17H2,1-4H3/t18-,19-,20+,21-,22+,23+,26-,28-,29-,30+/m1/s1. The lowest BCUT2D eigenvalue weighted by Crippen LogP contribution is -2.57. The second-order valence-corrected chi connectivity index (χ2v) is 16.9. The molecule has 0 unspecified atom stereocenters. The van der Waals surface area contributed by atoms with Crippen molar-refractivity contribution in [2.75, 3.05) is 12.9 Å². The number of sulfone groups is 1. The number of aromatic nitrogens is 1. The van der Waals surface area contributed by atoms with Gasteiger partial charge in [-0.05, 0) is 110 Å². The molecule has 5 aliphatic carbocycles. The summed E-state index contributed by atoms with van der Waals surface area (Å²) in [6, 6.07) is 7.75. The predicted molar refractivity (Wildman–Crippen MR) is 145 cm³/mol. The van der Waals surface area contributed by atoms with E-state index in [-0.39, 0.29) is 17.1 Å². The van der Waals surface area contributed by atoms with Crippen LogP contribution in [0.2, 0.25) is 0 Å². The molecule has 5 fully saturated rings. The molecule has 0 radical (unpaired) electrons. The molecule has 36 heavy (non-hydrogen) atoms. The number of benzene rings is 1. The maximum absolute atomic E-state index is 13.5. The second kappa shape index (κ2) is 7.79. The average Bonchev–Trinajstić information content (AvgIpc) is 3.13. The summed E-state index contributed by atoms with van der Waals surface area (Å²) in [6.45, 7) is 7.36. The molecule has 1 spiro atoms. The Hall–Kier alpha value is -0.980. The maximum Gasteiger partial charge on any atom is 0.210 e. The maximum atomic E-state index is 13.5. The molecule has 1 aromatic carbocycles. The molecule has 196 valence electrons. The van der Waals surface area contributed by atoms with E-state index in [1.165, 1.54) is 62.7 Å². The van der Waals surface area contributed by atoms with E-state index in [0.29, 0.717) is 33.1 Å². The van der Waals surface area contributed by atoms with Gasteiger partial charge in [-0.3, -0.25) is 0 Å². The molecular weight excluding hydrogens is 486 g/mol. The van der Waals surface area contributed by atoms with Crippen molar-refractivity contribution in [2.24, 2.45) is 51.8 Å². The fourth-order valence-electron chi connectivity index (χ4n) is 11.1. The van der Waals surface area contributed by atoms with Crippen molar-refractivity contribution >= 4 is 31.4 Å². The monoisotopic (exact) mass is 527 g/mol. The van der Waals surface area contributed by atoms with Crippen LogP contribution in [0.3, 0.4) is 0 Å². The lowest BCUT2D eigenvalue weighted by atomic mass is 9.45. The number of nitrogens with zero attached hydrogens (tertiary/aromatic N) is 1. The van der Waals surface area contributed by atoms with Crippen LogP contribution >= 0.6 is 11.3 Å². The first-order chi connectivity index (χ1) is 17.1. The van der Waals surface area contributed by atoms with Gasteiger partial charge in [0, 0.05) is 12.5 Å². The quantitative estimate of drug-likeness (QED) is 0.420. The fraction of sp³-hybridized carbons (Fsp3) is 0.767. The summed E-state index contributed by atoms with van der Waals surface area (Å²) < 4.78 is 34.5. The van der Waals surface area contributed by atoms with Crippen molar-refractivity contribution in [3.8, 4) is 0 Å². The zero-order valence-electron chi connectivity index (χ0n) is 22.2. The van der Waals surface area contributed by atoms with Crippen LogP contribution in [-0.2, 0) is 14.6 Å². The van der Waals surface area contributed by atoms with Crippen molar-refractivity contribution in [2.45, 2.75) is 82.6 Å². The molecule has 1 heterocycles. The van der Waals surface area contributed by atoms with Crippen LogP contribution in [0.15, 0.2) is 28.6 Å². The number of thiazole rings is 1. The smallest absolute Gasteiger partial charge is 0.210 e. The molecule has 7 rings (SSSR count). The molecule has 0 amide bonds. The van der Waals surface area contributed by atoms with E-state index in [9.17, 15) is 8.42 Å². The molecule has 1 aromatic heterocycles. The zero-order valence-corrected chi connectivity index (χ0v) is 23.8. The minimum absolute atomic E-state index is 0.150. The summed E-state index contributed by atoms with van der Waals surface area (Å²) in [6.07, 6.45) is 10.9. The van der Waals surface area contributed by atoms with Gasteiger partial charge in [-0.15, -0.1) is 11.3 Å². The summed E-state index contributed by atoms with van der Waals surface area (Å²) >= 11 is 1.33.